The molecule has 0 aromatic rings. The van der Waals surface area contributed by atoms with Gasteiger partial charge in [0.1, 0.15) is 0 Å². The minimum Gasteiger partial charge on any atom is -0.462 e. The van der Waals surface area contributed by atoms with Gasteiger partial charge in [0.25, 0.3) is 0 Å². The standard InChI is InChI=1S/C17H32O2/c1-7-15(10-13(4)5)16(8-2)11-14(6)12-19-17(18)9-3/h9,13-16H,3,7-8,10-12H2,1-2,4-6H3. The molecule has 0 fully saturated rings. The molecule has 0 rings (SSSR count). The van der Waals surface area contributed by atoms with Crippen molar-refractivity contribution in [1.29, 1.82) is 0 Å². The minimum absolute atomic E-state index is 0.311. The van der Waals surface area contributed by atoms with Crippen LogP contribution in [-0.4, -0.2) is 12.6 Å². The van der Waals surface area contributed by atoms with E-state index in [1.54, 1.807) is 0 Å². The Morgan fingerprint density at radius 1 is 1.11 bits per heavy atom. The molecule has 0 amide bonds. The summed E-state index contributed by atoms with van der Waals surface area (Å²) in [6.07, 6.45) is 6.14. The molecule has 2 nitrogen and oxygen atoms in total. The number of ether oxygens (including phenoxy) is 1. The van der Waals surface area contributed by atoms with Crippen molar-refractivity contribution >= 4 is 5.97 Å². The van der Waals surface area contributed by atoms with E-state index in [4.69, 9.17) is 4.74 Å². The molecular formula is C17H32O2. The first kappa shape index (κ1) is 18.2. The second-order valence-electron chi connectivity index (χ2n) is 6.14. The zero-order chi connectivity index (χ0) is 14.8. The van der Waals surface area contributed by atoms with Gasteiger partial charge < -0.3 is 4.74 Å². The van der Waals surface area contributed by atoms with E-state index >= 15 is 0 Å². The number of hydrogen-bond acceptors (Lipinski definition) is 2. The summed E-state index contributed by atoms with van der Waals surface area (Å²) >= 11 is 0. The van der Waals surface area contributed by atoms with Crippen molar-refractivity contribution in [3.8, 4) is 0 Å². The molecule has 112 valence electrons. The van der Waals surface area contributed by atoms with Gasteiger partial charge in [-0.25, -0.2) is 4.79 Å². The lowest BCUT2D eigenvalue weighted by atomic mass is 9.78. The zero-order valence-corrected chi connectivity index (χ0v) is 13.4. The highest BCUT2D eigenvalue weighted by Crippen LogP contribution is 2.31. The van der Waals surface area contributed by atoms with Gasteiger partial charge in [-0.1, -0.05) is 54.0 Å². The summed E-state index contributed by atoms with van der Waals surface area (Å²) < 4.78 is 5.14. The Bertz CT molecular complexity index is 258. The molecule has 0 saturated carbocycles. The molecule has 0 spiro atoms. The Hall–Kier alpha value is -0.790. The predicted molar refractivity (Wildman–Crippen MR) is 82.0 cm³/mol. The highest BCUT2D eigenvalue weighted by molar-refractivity contribution is 5.81. The molecule has 0 aliphatic carbocycles. The molecule has 19 heavy (non-hydrogen) atoms. The first-order chi connectivity index (χ1) is 8.94. The normalized spacial score (nSPS) is 15.9. The van der Waals surface area contributed by atoms with Crippen molar-refractivity contribution in [2.75, 3.05) is 6.61 Å². The van der Waals surface area contributed by atoms with E-state index in [2.05, 4.69) is 41.2 Å². The Morgan fingerprint density at radius 3 is 2.05 bits per heavy atom. The fraction of sp³-hybridized carbons (Fsp3) is 0.824. The zero-order valence-electron chi connectivity index (χ0n) is 13.4. The summed E-state index contributed by atoms with van der Waals surface area (Å²) in [5.41, 5.74) is 0. The van der Waals surface area contributed by atoms with Crippen LogP contribution in [0.2, 0.25) is 0 Å². The summed E-state index contributed by atoms with van der Waals surface area (Å²) in [6, 6.07) is 0. The van der Waals surface area contributed by atoms with E-state index in [1.165, 1.54) is 25.3 Å². The average Bonchev–Trinajstić information content (AvgIpc) is 2.39. The van der Waals surface area contributed by atoms with Gasteiger partial charge in [-0.3, -0.25) is 0 Å². The lowest BCUT2D eigenvalue weighted by molar-refractivity contribution is -0.139. The fourth-order valence-electron chi connectivity index (χ4n) is 2.86. The van der Waals surface area contributed by atoms with Crippen molar-refractivity contribution in [2.24, 2.45) is 23.7 Å². The van der Waals surface area contributed by atoms with Gasteiger partial charge in [0.2, 0.25) is 0 Å². The van der Waals surface area contributed by atoms with Crippen LogP contribution >= 0.6 is 0 Å². The van der Waals surface area contributed by atoms with E-state index < -0.39 is 0 Å². The third-order valence-corrected chi connectivity index (χ3v) is 3.87. The highest BCUT2D eigenvalue weighted by atomic mass is 16.5. The topological polar surface area (TPSA) is 26.3 Å². The largest absolute Gasteiger partial charge is 0.462 e. The maximum Gasteiger partial charge on any atom is 0.330 e. The van der Waals surface area contributed by atoms with Crippen LogP contribution in [0.15, 0.2) is 12.7 Å². The van der Waals surface area contributed by atoms with E-state index in [1.807, 2.05) is 0 Å². The van der Waals surface area contributed by atoms with Crippen molar-refractivity contribution in [3.63, 3.8) is 0 Å². The van der Waals surface area contributed by atoms with Gasteiger partial charge in [0.15, 0.2) is 0 Å². The maximum atomic E-state index is 11.1. The maximum absolute atomic E-state index is 11.1. The van der Waals surface area contributed by atoms with Crippen LogP contribution in [0.25, 0.3) is 0 Å². The number of carbonyl (C=O) groups excluding carboxylic acids is 1. The van der Waals surface area contributed by atoms with Crippen molar-refractivity contribution in [1.82, 2.24) is 0 Å². The number of hydrogen-bond donors (Lipinski definition) is 0. The Balaban J connectivity index is 4.27. The third kappa shape index (κ3) is 8.07. The highest BCUT2D eigenvalue weighted by Gasteiger charge is 2.22. The van der Waals surface area contributed by atoms with Crippen molar-refractivity contribution in [2.45, 2.75) is 60.3 Å². The van der Waals surface area contributed by atoms with Crippen LogP contribution in [0.5, 0.6) is 0 Å². The minimum atomic E-state index is -0.311. The molecule has 0 aromatic heterocycles. The van der Waals surface area contributed by atoms with E-state index in [0.29, 0.717) is 12.5 Å². The molecule has 0 saturated heterocycles. The monoisotopic (exact) mass is 268 g/mol. The first-order valence-corrected chi connectivity index (χ1v) is 7.73. The van der Waals surface area contributed by atoms with Crippen molar-refractivity contribution < 1.29 is 9.53 Å². The van der Waals surface area contributed by atoms with E-state index in [0.717, 1.165) is 24.2 Å². The molecule has 0 aliphatic heterocycles. The molecule has 0 aliphatic rings. The van der Waals surface area contributed by atoms with Crippen LogP contribution in [0.3, 0.4) is 0 Å². The summed E-state index contributed by atoms with van der Waals surface area (Å²) in [7, 11) is 0. The number of carbonyl (C=O) groups is 1. The molecule has 0 heterocycles. The molecule has 0 N–H and O–H groups in total. The summed E-state index contributed by atoms with van der Waals surface area (Å²) in [5, 5.41) is 0. The van der Waals surface area contributed by atoms with Crippen LogP contribution in [0.4, 0.5) is 0 Å². The first-order valence-electron chi connectivity index (χ1n) is 7.73. The molecule has 3 unspecified atom stereocenters. The number of rotatable bonds is 10. The lowest BCUT2D eigenvalue weighted by Gasteiger charge is -2.29. The van der Waals surface area contributed by atoms with Gasteiger partial charge in [0, 0.05) is 6.08 Å². The predicted octanol–water partition coefficient (Wildman–Crippen LogP) is 4.84. The molecule has 2 heteroatoms. The van der Waals surface area contributed by atoms with E-state index in [-0.39, 0.29) is 5.97 Å². The Labute approximate surface area is 119 Å². The Morgan fingerprint density at radius 2 is 1.63 bits per heavy atom. The summed E-state index contributed by atoms with van der Waals surface area (Å²) in [6.45, 7) is 15.3. The smallest absolute Gasteiger partial charge is 0.330 e. The SMILES string of the molecule is C=CC(=O)OCC(C)CC(CC)C(CC)CC(C)C. The Kier molecular flexibility index (Phi) is 9.63. The van der Waals surface area contributed by atoms with Crippen LogP contribution in [0.1, 0.15) is 60.3 Å². The quantitative estimate of drug-likeness (QED) is 0.418. The second-order valence-corrected chi connectivity index (χ2v) is 6.14. The molecule has 0 aromatic carbocycles. The molecule has 0 radical (unpaired) electrons. The number of esters is 1. The van der Waals surface area contributed by atoms with E-state index in [9.17, 15) is 4.79 Å². The van der Waals surface area contributed by atoms with Gasteiger partial charge >= 0.3 is 5.97 Å². The second kappa shape index (κ2) is 10.1. The lowest BCUT2D eigenvalue weighted by Crippen LogP contribution is -2.21. The van der Waals surface area contributed by atoms with Gasteiger partial charge in [-0.05, 0) is 36.5 Å². The third-order valence-electron chi connectivity index (χ3n) is 3.87. The molecule has 3 atom stereocenters. The molecule has 0 bridgehead atoms. The van der Waals surface area contributed by atoms with Crippen LogP contribution in [0, 0.1) is 23.7 Å². The van der Waals surface area contributed by atoms with Gasteiger partial charge in [0.05, 0.1) is 6.61 Å². The van der Waals surface area contributed by atoms with Gasteiger partial charge in [-0.15, -0.1) is 0 Å². The summed E-state index contributed by atoms with van der Waals surface area (Å²) in [5.74, 6) is 2.41. The average molecular weight is 268 g/mol. The van der Waals surface area contributed by atoms with Crippen LogP contribution in [-0.2, 0) is 9.53 Å². The van der Waals surface area contributed by atoms with Gasteiger partial charge in [-0.2, -0.15) is 0 Å². The van der Waals surface area contributed by atoms with Crippen molar-refractivity contribution in [3.05, 3.63) is 12.7 Å². The van der Waals surface area contributed by atoms with Crippen LogP contribution < -0.4 is 0 Å². The fourth-order valence-corrected chi connectivity index (χ4v) is 2.86. The molecular weight excluding hydrogens is 236 g/mol. The summed E-state index contributed by atoms with van der Waals surface area (Å²) in [4.78, 5) is 11.1.